The quantitative estimate of drug-likeness (QED) is 0.817. The number of carbonyl (C=O) groups is 1. The smallest absolute Gasteiger partial charge is 0.226 e. The molecule has 2 atom stereocenters. The number of carbonyl (C=O) groups excluding carboxylic acids is 1. The molecular formula is C23H30N2O2. The Kier molecular flexibility index (Phi) is 5.09. The van der Waals surface area contributed by atoms with Crippen LogP contribution in [-0.4, -0.2) is 48.7 Å². The van der Waals surface area contributed by atoms with Crippen molar-refractivity contribution in [1.82, 2.24) is 4.90 Å². The summed E-state index contributed by atoms with van der Waals surface area (Å²) in [6, 6.07) is 15.5. The first kappa shape index (κ1) is 18.3. The Morgan fingerprint density at radius 1 is 1.07 bits per heavy atom. The minimum Gasteiger partial charge on any atom is -0.372 e. The molecule has 1 aliphatic heterocycles. The van der Waals surface area contributed by atoms with Gasteiger partial charge in [-0.05, 0) is 45.1 Å². The van der Waals surface area contributed by atoms with Crippen molar-refractivity contribution in [2.24, 2.45) is 5.92 Å². The molecule has 4 rings (SSSR count). The Morgan fingerprint density at radius 2 is 1.74 bits per heavy atom. The molecular weight excluding hydrogens is 336 g/mol. The Morgan fingerprint density at radius 3 is 2.44 bits per heavy atom. The lowest BCUT2D eigenvalue weighted by atomic mass is 9.77. The number of nitrogens with zero attached hydrogens (tertiary/aromatic N) is 2. The van der Waals surface area contributed by atoms with Crippen molar-refractivity contribution in [3.8, 4) is 0 Å². The number of fused-ring (bicyclic) bond motifs is 1. The van der Waals surface area contributed by atoms with Crippen molar-refractivity contribution >= 4 is 22.4 Å². The summed E-state index contributed by atoms with van der Waals surface area (Å²) >= 11 is 0. The van der Waals surface area contributed by atoms with Crippen LogP contribution in [0.2, 0.25) is 0 Å². The van der Waals surface area contributed by atoms with Gasteiger partial charge >= 0.3 is 0 Å². The number of anilines is 1. The second-order valence-electron chi connectivity index (χ2n) is 8.11. The highest BCUT2D eigenvalue weighted by Gasteiger charge is 2.41. The monoisotopic (exact) mass is 366 g/mol. The summed E-state index contributed by atoms with van der Waals surface area (Å²) in [5.74, 6) is 0.485. The highest BCUT2D eigenvalue weighted by atomic mass is 16.5. The van der Waals surface area contributed by atoms with Crippen molar-refractivity contribution < 1.29 is 9.53 Å². The lowest BCUT2D eigenvalue weighted by molar-refractivity contribution is -0.150. The molecule has 0 bridgehead atoms. The topological polar surface area (TPSA) is 32.8 Å². The van der Waals surface area contributed by atoms with Gasteiger partial charge in [-0.3, -0.25) is 4.79 Å². The molecule has 0 aromatic heterocycles. The summed E-state index contributed by atoms with van der Waals surface area (Å²) in [7, 11) is 0. The van der Waals surface area contributed by atoms with Crippen LogP contribution in [0.15, 0.2) is 42.5 Å². The average molecular weight is 367 g/mol. The Bertz CT molecular complexity index is 800. The summed E-state index contributed by atoms with van der Waals surface area (Å²) in [6.45, 7) is 8.74. The lowest BCUT2D eigenvalue weighted by Gasteiger charge is -2.46. The standard InChI is InChI=1S/C23H30N2O2/c1-4-25(22-11-7-9-18-8-5-6-10-21(18)22)20-12-19(13-20)23(26)24-14-16(2)27-17(3)15-24/h5-11,16-17,19-20H,4,12-15H2,1-3H3. The second-order valence-corrected chi connectivity index (χ2v) is 8.11. The average Bonchev–Trinajstić information content (AvgIpc) is 2.62. The van der Waals surface area contributed by atoms with Crippen LogP contribution in [0.4, 0.5) is 5.69 Å². The van der Waals surface area contributed by atoms with E-state index in [1.165, 1.54) is 16.5 Å². The Hall–Kier alpha value is -2.07. The van der Waals surface area contributed by atoms with Gasteiger partial charge in [0.05, 0.1) is 12.2 Å². The molecule has 1 amide bonds. The van der Waals surface area contributed by atoms with Crippen LogP contribution < -0.4 is 4.90 Å². The van der Waals surface area contributed by atoms with Crippen LogP contribution in [0.25, 0.3) is 10.8 Å². The lowest BCUT2D eigenvalue weighted by Crippen LogP contribution is -2.55. The molecule has 0 spiro atoms. The van der Waals surface area contributed by atoms with E-state index in [1.807, 2.05) is 4.90 Å². The van der Waals surface area contributed by atoms with E-state index < -0.39 is 0 Å². The van der Waals surface area contributed by atoms with Crippen molar-refractivity contribution in [2.75, 3.05) is 24.5 Å². The summed E-state index contributed by atoms with van der Waals surface area (Å²) in [5, 5.41) is 2.57. The van der Waals surface area contributed by atoms with Gasteiger partial charge in [-0.1, -0.05) is 36.4 Å². The number of benzene rings is 2. The fourth-order valence-electron chi connectivity index (χ4n) is 4.74. The van der Waals surface area contributed by atoms with Crippen molar-refractivity contribution in [2.45, 2.75) is 51.9 Å². The fourth-order valence-corrected chi connectivity index (χ4v) is 4.74. The molecule has 4 nitrogen and oxygen atoms in total. The van der Waals surface area contributed by atoms with Gasteiger partial charge in [0.1, 0.15) is 0 Å². The number of ether oxygens (including phenoxy) is 1. The third kappa shape index (κ3) is 3.55. The number of amides is 1. The van der Waals surface area contributed by atoms with Gasteiger partial charge in [-0.2, -0.15) is 0 Å². The molecule has 144 valence electrons. The molecule has 1 aliphatic carbocycles. The van der Waals surface area contributed by atoms with Gasteiger partial charge in [-0.15, -0.1) is 0 Å². The molecule has 1 saturated heterocycles. The van der Waals surface area contributed by atoms with E-state index in [-0.39, 0.29) is 18.1 Å². The Labute approximate surface area is 162 Å². The molecule has 2 fully saturated rings. The first-order valence-corrected chi connectivity index (χ1v) is 10.3. The van der Waals surface area contributed by atoms with Gasteiger partial charge < -0.3 is 14.5 Å². The minimum atomic E-state index is 0.136. The molecule has 2 aromatic carbocycles. The van der Waals surface area contributed by atoms with Gasteiger partial charge in [-0.25, -0.2) is 0 Å². The number of hydrogen-bond donors (Lipinski definition) is 0. The van der Waals surface area contributed by atoms with Crippen LogP contribution in [0.5, 0.6) is 0 Å². The highest BCUT2D eigenvalue weighted by Crippen LogP contribution is 2.38. The van der Waals surface area contributed by atoms with Crippen LogP contribution in [-0.2, 0) is 9.53 Å². The van der Waals surface area contributed by atoms with Crippen LogP contribution in [0.1, 0.15) is 33.6 Å². The fraction of sp³-hybridized carbons (Fsp3) is 0.522. The molecule has 2 aliphatic rings. The van der Waals surface area contributed by atoms with Crippen molar-refractivity contribution in [3.05, 3.63) is 42.5 Å². The number of hydrogen-bond acceptors (Lipinski definition) is 3. The zero-order chi connectivity index (χ0) is 19.0. The van der Waals surface area contributed by atoms with Crippen LogP contribution in [0.3, 0.4) is 0 Å². The predicted molar refractivity (Wildman–Crippen MR) is 110 cm³/mol. The maximum absolute atomic E-state index is 12.9. The van der Waals surface area contributed by atoms with Gasteiger partial charge in [0.2, 0.25) is 5.91 Å². The second kappa shape index (κ2) is 7.51. The van der Waals surface area contributed by atoms with E-state index in [0.717, 1.165) is 32.5 Å². The third-order valence-corrected chi connectivity index (χ3v) is 6.05. The number of rotatable bonds is 4. The van der Waals surface area contributed by atoms with E-state index in [1.54, 1.807) is 0 Å². The SMILES string of the molecule is CCN(c1cccc2ccccc12)C1CC(C(=O)N2CC(C)OC(C)C2)C1. The van der Waals surface area contributed by atoms with Gasteiger partial charge in [0.15, 0.2) is 0 Å². The number of morpholine rings is 1. The molecule has 0 N–H and O–H groups in total. The van der Waals surface area contributed by atoms with Crippen molar-refractivity contribution in [3.63, 3.8) is 0 Å². The first-order chi connectivity index (χ1) is 13.1. The van der Waals surface area contributed by atoms with E-state index in [2.05, 4.69) is 68.1 Å². The van der Waals surface area contributed by atoms with E-state index in [4.69, 9.17) is 4.74 Å². The predicted octanol–water partition coefficient (Wildman–Crippen LogP) is 4.08. The Balaban J connectivity index is 1.45. The summed E-state index contributed by atoms with van der Waals surface area (Å²) in [6.07, 6.45) is 2.18. The molecule has 1 saturated carbocycles. The van der Waals surface area contributed by atoms with E-state index in [9.17, 15) is 4.79 Å². The normalized spacial score (nSPS) is 28.0. The molecule has 0 radical (unpaired) electrons. The molecule has 4 heteroatoms. The summed E-state index contributed by atoms with van der Waals surface area (Å²) < 4.78 is 5.77. The van der Waals surface area contributed by atoms with E-state index in [0.29, 0.717) is 11.9 Å². The van der Waals surface area contributed by atoms with Crippen LogP contribution >= 0.6 is 0 Å². The van der Waals surface area contributed by atoms with Gasteiger partial charge in [0.25, 0.3) is 0 Å². The molecule has 2 unspecified atom stereocenters. The molecule has 1 heterocycles. The minimum absolute atomic E-state index is 0.136. The highest BCUT2D eigenvalue weighted by molar-refractivity contribution is 5.94. The zero-order valence-electron chi connectivity index (χ0n) is 16.6. The third-order valence-electron chi connectivity index (χ3n) is 6.05. The van der Waals surface area contributed by atoms with E-state index >= 15 is 0 Å². The molecule has 27 heavy (non-hydrogen) atoms. The maximum Gasteiger partial charge on any atom is 0.226 e. The summed E-state index contributed by atoms with van der Waals surface area (Å²) in [5.41, 5.74) is 1.29. The zero-order valence-corrected chi connectivity index (χ0v) is 16.6. The van der Waals surface area contributed by atoms with Crippen molar-refractivity contribution in [1.29, 1.82) is 0 Å². The molecule has 2 aromatic rings. The largest absolute Gasteiger partial charge is 0.372 e. The summed E-state index contributed by atoms with van der Waals surface area (Å²) in [4.78, 5) is 17.4. The van der Waals surface area contributed by atoms with Gasteiger partial charge in [0, 0.05) is 42.7 Å². The first-order valence-electron chi connectivity index (χ1n) is 10.3. The maximum atomic E-state index is 12.9. The van der Waals surface area contributed by atoms with Crippen LogP contribution in [0, 0.1) is 5.92 Å².